The zero-order valence-corrected chi connectivity index (χ0v) is 19.9. The van der Waals surface area contributed by atoms with Crippen LogP contribution in [-0.2, 0) is 6.54 Å². The molecule has 1 saturated carbocycles. The van der Waals surface area contributed by atoms with Crippen LogP contribution in [-0.4, -0.2) is 53.8 Å². The van der Waals surface area contributed by atoms with Gasteiger partial charge in [-0.05, 0) is 43.0 Å². The van der Waals surface area contributed by atoms with Crippen LogP contribution in [0.15, 0.2) is 48.9 Å². The molecule has 4 aromatic rings. The van der Waals surface area contributed by atoms with E-state index in [0.717, 1.165) is 40.8 Å². The van der Waals surface area contributed by atoms with Gasteiger partial charge in [-0.25, -0.2) is 9.78 Å². The van der Waals surface area contributed by atoms with E-state index < -0.39 is 5.97 Å². The largest absolute Gasteiger partial charge is 0.478 e. The Hall–Kier alpha value is -4.05. The fraction of sp³-hybridized carbons (Fsp3) is 0.346. The first-order valence-corrected chi connectivity index (χ1v) is 12.2. The van der Waals surface area contributed by atoms with Crippen molar-refractivity contribution in [3.63, 3.8) is 0 Å². The summed E-state index contributed by atoms with van der Waals surface area (Å²) in [5.74, 6) is 0.211. The zero-order chi connectivity index (χ0) is 24.9. The topological polar surface area (TPSA) is 138 Å². The molecule has 186 valence electrons. The Kier molecular flexibility index (Phi) is 7.03. The van der Waals surface area contributed by atoms with Crippen LogP contribution in [0.5, 0.6) is 0 Å². The average Bonchev–Trinajstić information content (AvgIpc) is 3.58. The number of aromatic carboxylic acids is 1. The summed E-state index contributed by atoms with van der Waals surface area (Å²) in [5.41, 5.74) is 4.38. The van der Waals surface area contributed by atoms with Gasteiger partial charge in [0, 0.05) is 37.5 Å². The van der Waals surface area contributed by atoms with E-state index in [-0.39, 0.29) is 12.2 Å². The minimum absolute atomic E-state index is 0.104. The maximum Gasteiger partial charge on any atom is 0.335 e. The van der Waals surface area contributed by atoms with E-state index in [1.54, 1.807) is 30.5 Å². The SMILES string of the molecule is O=C(O)c1ccc(-c2ccc(CNc3nc(NCCCO)nc4c3ncn4C3CCCC3)cn2)cc1. The van der Waals surface area contributed by atoms with Crippen LogP contribution in [0.4, 0.5) is 11.8 Å². The Morgan fingerprint density at radius 2 is 1.83 bits per heavy atom. The number of fused-ring (bicyclic) bond motifs is 1. The number of aliphatic hydroxyl groups excluding tert-OH is 1. The van der Waals surface area contributed by atoms with Crippen molar-refractivity contribution in [2.24, 2.45) is 0 Å². The molecule has 0 aliphatic heterocycles. The second kappa shape index (κ2) is 10.7. The predicted molar refractivity (Wildman–Crippen MR) is 137 cm³/mol. The Labute approximate surface area is 208 Å². The molecule has 0 saturated heterocycles. The Bertz CT molecular complexity index is 1330. The lowest BCUT2D eigenvalue weighted by Gasteiger charge is -2.14. The summed E-state index contributed by atoms with van der Waals surface area (Å²) in [4.78, 5) is 29.6. The summed E-state index contributed by atoms with van der Waals surface area (Å²) in [6.07, 6.45) is 8.96. The number of aromatic nitrogens is 5. The zero-order valence-electron chi connectivity index (χ0n) is 19.9. The average molecular weight is 488 g/mol. The number of carboxylic acid groups (broad SMARTS) is 1. The molecule has 3 aromatic heterocycles. The fourth-order valence-electron chi connectivity index (χ4n) is 4.52. The highest BCUT2D eigenvalue weighted by Gasteiger charge is 2.22. The van der Waals surface area contributed by atoms with Crippen LogP contribution < -0.4 is 10.6 Å². The fourth-order valence-corrected chi connectivity index (χ4v) is 4.52. The maximum atomic E-state index is 11.1. The Balaban J connectivity index is 1.35. The number of nitrogens with zero attached hydrogens (tertiary/aromatic N) is 5. The summed E-state index contributed by atoms with van der Waals surface area (Å²) in [6, 6.07) is 11.0. The van der Waals surface area contributed by atoms with E-state index in [0.29, 0.717) is 37.3 Å². The molecule has 36 heavy (non-hydrogen) atoms. The number of benzene rings is 1. The van der Waals surface area contributed by atoms with Crippen molar-refractivity contribution in [2.75, 3.05) is 23.8 Å². The summed E-state index contributed by atoms with van der Waals surface area (Å²) in [7, 11) is 0. The number of aliphatic hydroxyl groups is 1. The van der Waals surface area contributed by atoms with Gasteiger partial charge in [0.2, 0.25) is 5.95 Å². The van der Waals surface area contributed by atoms with E-state index in [1.165, 1.54) is 12.8 Å². The molecule has 0 bridgehead atoms. The van der Waals surface area contributed by atoms with Gasteiger partial charge in [0.25, 0.3) is 0 Å². The van der Waals surface area contributed by atoms with E-state index in [2.05, 4.69) is 30.2 Å². The summed E-state index contributed by atoms with van der Waals surface area (Å²) in [6.45, 7) is 1.19. The number of rotatable bonds is 10. The molecule has 10 heteroatoms. The van der Waals surface area contributed by atoms with Gasteiger partial charge in [-0.1, -0.05) is 31.0 Å². The number of carbonyl (C=O) groups is 1. The molecule has 1 aromatic carbocycles. The molecule has 1 aliphatic rings. The lowest BCUT2D eigenvalue weighted by Crippen LogP contribution is -2.11. The summed E-state index contributed by atoms with van der Waals surface area (Å²) < 4.78 is 2.17. The first-order chi connectivity index (χ1) is 17.6. The number of pyridine rings is 1. The number of hydrogen-bond acceptors (Lipinski definition) is 8. The normalized spacial score (nSPS) is 13.8. The Morgan fingerprint density at radius 1 is 1.03 bits per heavy atom. The molecule has 1 fully saturated rings. The number of anilines is 2. The standard InChI is InChI=1S/C26H29N7O3/c34-13-3-12-27-26-31-23(22-24(32-26)33(16-30-22)20-4-1-2-5-20)29-15-17-6-11-21(28-14-17)18-7-9-19(10-8-18)25(35)36/h6-11,14,16,20,34H,1-5,12-13,15H2,(H,35,36)(H2,27,29,31,32). The van der Waals surface area contributed by atoms with Crippen molar-refractivity contribution in [3.05, 3.63) is 60.0 Å². The first kappa shape index (κ1) is 23.7. The minimum Gasteiger partial charge on any atom is -0.478 e. The highest BCUT2D eigenvalue weighted by molar-refractivity contribution is 5.88. The molecule has 1 aliphatic carbocycles. The van der Waals surface area contributed by atoms with Gasteiger partial charge in [-0.3, -0.25) is 4.98 Å². The quantitative estimate of drug-likeness (QED) is 0.243. The smallest absolute Gasteiger partial charge is 0.335 e. The number of hydrogen-bond donors (Lipinski definition) is 4. The van der Waals surface area contributed by atoms with E-state index in [4.69, 9.17) is 15.2 Å². The van der Waals surface area contributed by atoms with Crippen LogP contribution in [0.3, 0.4) is 0 Å². The maximum absolute atomic E-state index is 11.1. The molecule has 4 N–H and O–H groups in total. The van der Waals surface area contributed by atoms with Crippen molar-refractivity contribution in [3.8, 4) is 11.3 Å². The van der Waals surface area contributed by atoms with Gasteiger partial charge in [-0.15, -0.1) is 0 Å². The minimum atomic E-state index is -0.949. The van der Waals surface area contributed by atoms with Crippen LogP contribution in [0.25, 0.3) is 22.4 Å². The number of imidazole rings is 1. The lowest BCUT2D eigenvalue weighted by atomic mass is 10.1. The van der Waals surface area contributed by atoms with Crippen LogP contribution >= 0.6 is 0 Å². The summed E-state index contributed by atoms with van der Waals surface area (Å²) >= 11 is 0. The summed E-state index contributed by atoms with van der Waals surface area (Å²) in [5, 5.41) is 24.8. The molecular formula is C26H29N7O3. The monoisotopic (exact) mass is 487 g/mol. The van der Waals surface area contributed by atoms with Crippen LogP contribution in [0, 0.1) is 0 Å². The van der Waals surface area contributed by atoms with Gasteiger partial charge in [-0.2, -0.15) is 9.97 Å². The molecule has 3 heterocycles. The van der Waals surface area contributed by atoms with Crippen LogP contribution in [0.2, 0.25) is 0 Å². The van der Waals surface area contributed by atoms with Crippen molar-refractivity contribution in [1.29, 1.82) is 0 Å². The molecule has 0 amide bonds. The number of carboxylic acids is 1. The molecule has 0 spiro atoms. The van der Waals surface area contributed by atoms with Crippen LogP contribution in [0.1, 0.15) is 54.1 Å². The second-order valence-electron chi connectivity index (χ2n) is 8.95. The van der Waals surface area contributed by atoms with Gasteiger partial charge in [0.1, 0.15) is 0 Å². The van der Waals surface area contributed by atoms with Crippen molar-refractivity contribution < 1.29 is 15.0 Å². The molecular weight excluding hydrogens is 458 g/mol. The molecule has 0 atom stereocenters. The van der Waals surface area contributed by atoms with Gasteiger partial charge in [0.15, 0.2) is 17.0 Å². The van der Waals surface area contributed by atoms with E-state index in [9.17, 15) is 4.79 Å². The second-order valence-corrected chi connectivity index (χ2v) is 8.95. The third kappa shape index (κ3) is 5.13. The molecule has 5 rings (SSSR count). The third-order valence-electron chi connectivity index (χ3n) is 6.47. The first-order valence-electron chi connectivity index (χ1n) is 12.2. The number of nitrogens with one attached hydrogen (secondary N) is 2. The van der Waals surface area contributed by atoms with E-state index >= 15 is 0 Å². The van der Waals surface area contributed by atoms with Gasteiger partial charge < -0.3 is 25.4 Å². The predicted octanol–water partition coefficient (Wildman–Crippen LogP) is 4.11. The Morgan fingerprint density at radius 3 is 2.53 bits per heavy atom. The molecule has 0 radical (unpaired) electrons. The highest BCUT2D eigenvalue weighted by atomic mass is 16.4. The van der Waals surface area contributed by atoms with Gasteiger partial charge in [0.05, 0.1) is 17.6 Å². The van der Waals surface area contributed by atoms with Crippen molar-refractivity contribution in [2.45, 2.75) is 44.7 Å². The van der Waals surface area contributed by atoms with Crippen molar-refractivity contribution in [1.82, 2.24) is 24.5 Å². The van der Waals surface area contributed by atoms with Gasteiger partial charge >= 0.3 is 5.97 Å². The molecule has 0 unspecified atom stereocenters. The third-order valence-corrected chi connectivity index (χ3v) is 6.47. The lowest BCUT2D eigenvalue weighted by molar-refractivity contribution is 0.0697. The molecule has 10 nitrogen and oxygen atoms in total. The highest BCUT2D eigenvalue weighted by Crippen LogP contribution is 2.33. The van der Waals surface area contributed by atoms with E-state index in [1.807, 2.05) is 18.5 Å². The van der Waals surface area contributed by atoms with Crippen molar-refractivity contribution >= 4 is 28.9 Å².